The maximum Gasteiger partial charge on any atom is 0.181 e. The van der Waals surface area contributed by atoms with Gasteiger partial charge in [-0.3, -0.25) is 0 Å². The molecule has 0 amide bonds. The summed E-state index contributed by atoms with van der Waals surface area (Å²) in [7, 11) is -3.48. The number of aliphatic hydroxyl groups excluding tert-OH is 1. The van der Waals surface area contributed by atoms with E-state index in [1.54, 1.807) is 0 Å². The van der Waals surface area contributed by atoms with Crippen molar-refractivity contribution in [2.24, 2.45) is 0 Å². The molecule has 0 spiro atoms. The molecule has 0 heterocycles. The van der Waals surface area contributed by atoms with E-state index in [1.165, 1.54) is 26.0 Å². The van der Waals surface area contributed by atoms with Gasteiger partial charge in [-0.1, -0.05) is 0 Å². The summed E-state index contributed by atoms with van der Waals surface area (Å²) in [6.07, 6.45) is -0.509. The fourth-order valence-corrected chi connectivity index (χ4v) is 2.98. The number of benzene rings is 1. The fourth-order valence-electron chi connectivity index (χ4n) is 1.46. The number of aliphatic hydroxyl groups is 1. The fraction of sp³-hybridized carbons (Fsp3) is 0.455. The molecule has 5 heteroatoms. The van der Waals surface area contributed by atoms with Crippen molar-refractivity contribution in [3.63, 3.8) is 0 Å². The minimum Gasteiger partial charge on any atom is -0.393 e. The minimum atomic E-state index is -3.48. The first-order valence-electron chi connectivity index (χ1n) is 5.01. The third-order valence-electron chi connectivity index (χ3n) is 2.34. The average Bonchev–Trinajstić information content (AvgIpc) is 2.17. The first-order chi connectivity index (χ1) is 7.34. The highest BCUT2D eigenvalue weighted by molar-refractivity contribution is 7.92. The Morgan fingerprint density at radius 1 is 1.25 bits per heavy atom. The molecule has 90 valence electrons. The molecular formula is C11H15FO3S. The second kappa shape index (κ2) is 4.93. The van der Waals surface area contributed by atoms with Gasteiger partial charge in [0.05, 0.1) is 16.2 Å². The first-order valence-corrected chi connectivity index (χ1v) is 6.56. The third-order valence-corrected chi connectivity index (χ3v) is 4.53. The normalized spacial score (nSPS) is 15.8. The van der Waals surface area contributed by atoms with E-state index in [1.807, 2.05) is 0 Å². The van der Waals surface area contributed by atoms with Crippen molar-refractivity contribution in [3.05, 3.63) is 30.1 Å². The van der Waals surface area contributed by atoms with Crippen LogP contribution in [0.3, 0.4) is 0 Å². The molecule has 0 bridgehead atoms. The Kier molecular flexibility index (Phi) is 4.04. The van der Waals surface area contributed by atoms with Crippen LogP contribution < -0.4 is 0 Å². The van der Waals surface area contributed by atoms with Crippen molar-refractivity contribution in [2.45, 2.75) is 36.5 Å². The molecule has 0 aromatic heterocycles. The molecule has 1 aromatic carbocycles. The highest BCUT2D eigenvalue weighted by Crippen LogP contribution is 2.19. The van der Waals surface area contributed by atoms with Gasteiger partial charge in [0.15, 0.2) is 9.84 Å². The molecule has 0 aliphatic carbocycles. The summed E-state index contributed by atoms with van der Waals surface area (Å²) in [5, 5.41) is 8.47. The summed E-state index contributed by atoms with van der Waals surface area (Å²) in [4.78, 5) is 0.0852. The van der Waals surface area contributed by atoms with Gasteiger partial charge < -0.3 is 5.11 Å². The number of rotatable bonds is 4. The Morgan fingerprint density at radius 3 is 2.19 bits per heavy atom. The van der Waals surface area contributed by atoms with Gasteiger partial charge in [-0.05, 0) is 44.5 Å². The molecule has 0 aliphatic heterocycles. The molecule has 1 aromatic rings. The summed E-state index contributed by atoms with van der Waals surface area (Å²) in [6, 6.07) is 4.70. The molecule has 2 atom stereocenters. The van der Waals surface area contributed by atoms with E-state index in [0.29, 0.717) is 0 Å². The van der Waals surface area contributed by atoms with Gasteiger partial charge in [-0.15, -0.1) is 0 Å². The van der Waals surface area contributed by atoms with E-state index in [-0.39, 0.29) is 11.3 Å². The molecule has 0 radical (unpaired) electrons. The van der Waals surface area contributed by atoms with Crippen molar-refractivity contribution in [2.75, 3.05) is 0 Å². The van der Waals surface area contributed by atoms with Gasteiger partial charge >= 0.3 is 0 Å². The van der Waals surface area contributed by atoms with Crippen LogP contribution in [-0.2, 0) is 9.84 Å². The molecular weight excluding hydrogens is 231 g/mol. The summed E-state index contributed by atoms with van der Waals surface area (Å²) < 4.78 is 36.5. The van der Waals surface area contributed by atoms with Crippen molar-refractivity contribution < 1.29 is 17.9 Å². The summed E-state index contributed by atoms with van der Waals surface area (Å²) >= 11 is 0. The van der Waals surface area contributed by atoms with Crippen molar-refractivity contribution >= 4 is 9.84 Å². The number of halogens is 1. The van der Waals surface area contributed by atoms with Gasteiger partial charge in [0, 0.05) is 0 Å². The molecule has 1 rings (SSSR count). The molecule has 0 fully saturated rings. The van der Waals surface area contributed by atoms with Crippen molar-refractivity contribution in [1.29, 1.82) is 0 Å². The van der Waals surface area contributed by atoms with Crippen LogP contribution in [0.2, 0.25) is 0 Å². The zero-order valence-corrected chi connectivity index (χ0v) is 10.0. The van der Waals surface area contributed by atoms with Crippen LogP contribution in [0, 0.1) is 5.82 Å². The number of hydrogen-bond donors (Lipinski definition) is 1. The number of hydrogen-bond acceptors (Lipinski definition) is 3. The van der Waals surface area contributed by atoms with Crippen LogP contribution >= 0.6 is 0 Å². The second-order valence-corrected chi connectivity index (χ2v) is 6.26. The Labute approximate surface area is 94.8 Å². The zero-order valence-electron chi connectivity index (χ0n) is 9.22. The van der Waals surface area contributed by atoms with Gasteiger partial charge in [0.2, 0.25) is 0 Å². The lowest BCUT2D eigenvalue weighted by molar-refractivity contribution is 0.184. The van der Waals surface area contributed by atoms with E-state index >= 15 is 0 Å². The maximum absolute atomic E-state index is 12.7. The van der Waals surface area contributed by atoms with E-state index < -0.39 is 27.0 Å². The lowest BCUT2D eigenvalue weighted by Crippen LogP contribution is -2.22. The Morgan fingerprint density at radius 2 is 1.75 bits per heavy atom. The van der Waals surface area contributed by atoms with E-state index in [4.69, 9.17) is 5.11 Å². The zero-order chi connectivity index (χ0) is 12.3. The Hall–Kier alpha value is -0.940. The molecule has 1 N–H and O–H groups in total. The highest BCUT2D eigenvalue weighted by atomic mass is 32.2. The van der Waals surface area contributed by atoms with Gasteiger partial charge in [0.25, 0.3) is 0 Å². The van der Waals surface area contributed by atoms with E-state index in [2.05, 4.69) is 0 Å². The van der Waals surface area contributed by atoms with E-state index in [9.17, 15) is 12.8 Å². The quantitative estimate of drug-likeness (QED) is 0.824. The molecule has 3 nitrogen and oxygen atoms in total. The highest BCUT2D eigenvalue weighted by Gasteiger charge is 2.24. The van der Waals surface area contributed by atoms with E-state index in [0.717, 1.165) is 12.1 Å². The molecule has 0 saturated heterocycles. The van der Waals surface area contributed by atoms with Crippen LogP contribution in [0.4, 0.5) is 4.39 Å². The Balaban J connectivity index is 2.97. The SMILES string of the molecule is CC(O)CC(C)S(=O)(=O)c1ccc(F)cc1. The molecule has 2 unspecified atom stereocenters. The largest absolute Gasteiger partial charge is 0.393 e. The lowest BCUT2D eigenvalue weighted by atomic mass is 10.2. The molecule has 0 aliphatic rings. The predicted molar refractivity (Wildman–Crippen MR) is 59.3 cm³/mol. The van der Waals surface area contributed by atoms with Gasteiger partial charge in [-0.2, -0.15) is 0 Å². The van der Waals surface area contributed by atoms with Crippen molar-refractivity contribution in [3.8, 4) is 0 Å². The monoisotopic (exact) mass is 246 g/mol. The van der Waals surface area contributed by atoms with Gasteiger partial charge in [-0.25, -0.2) is 12.8 Å². The minimum absolute atomic E-state index is 0.0852. The lowest BCUT2D eigenvalue weighted by Gasteiger charge is -2.14. The summed E-state index contributed by atoms with van der Waals surface area (Å²) in [5.74, 6) is -0.470. The van der Waals surface area contributed by atoms with Crippen LogP contribution in [0.25, 0.3) is 0 Å². The van der Waals surface area contributed by atoms with Crippen LogP contribution in [0.5, 0.6) is 0 Å². The average molecular weight is 246 g/mol. The second-order valence-electron chi connectivity index (χ2n) is 3.89. The topological polar surface area (TPSA) is 54.4 Å². The van der Waals surface area contributed by atoms with Crippen LogP contribution in [0.1, 0.15) is 20.3 Å². The summed E-state index contributed by atoms with van der Waals surface area (Å²) in [6.45, 7) is 3.07. The smallest absolute Gasteiger partial charge is 0.181 e. The molecule has 0 saturated carbocycles. The molecule has 16 heavy (non-hydrogen) atoms. The maximum atomic E-state index is 12.7. The van der Waals surface area contributed by atoms with Gasteiger partial charge in [0.1, 0.15) is 5.82 Å². The number of sulfone groups is 1. The van der Waals surface area contributed by atoms with Crippen molar-refractivity contribution in [1.82, 2.24) is 0 Å². The standard InChI is InChI=1S/C11H15FO3S/c1-8(13)7-9(2)16(14,15)11-5-3-10(12)4-6-11/h3-6,8-9,13H,7H2,1-2H3. The predicted octanol–water partition coefficient (Wildman–Crippen LogP) is 1.76. The van der Waals surface area contributed by atoms with Crippen LogP contribution in [-0.4, -0.2) is 24.9 Å². The first kappa shape index (κ1) is 13.1. The Bertz CT molecular complexity index is 437. The summed E-state index contributed by atoms with van der Waals surface area (Å²) in [5.41, 5.74) is 0. The third kappa shape index (κ3) is 3.02. The van der Waals surface area contributed by atoms with Crippen LogP contribution in [0.15, 0.2) is 29.2 Å².